The van der Waals surface area contributed by atoms with Gasteiger partial charge in [-0.3, -0.25) is 10.1 Å². The maximum atomic E-state index is 10.6. The number of nitrogens with zero attached hydrogens (tertiary/aromatic N) is 1. The van der Waals surface area contributed by atoms with E-state index in [1.807, 2.05) is 26.0 Å². The molecule has 0 atom stereocenters. The molecule has 0 spiro atoms. The molecule has 0 aliphatic rings. The van der Waals surface area contributed by atoms with Crippen molar-refractivity contribution in [2.45, 2.75) is 26.7 Å². The first kappa shape index (κ1) is 9.71. The van der Waals surface area contributed by atoms with Crippen LogP contribution < -0.4 is 0 Å². The molecule has 3 nitrogen and oxygen atoms in total. The third kappa shape index (κ3) is 2.05. The lowest BCUT2D eigenvalue weighted by Crippen LogP contribution is -1.95. The van der Waals surface area contributed by atoms with Crippen LogP contribution in [0.3, 0.4) is 0 Å². The molecule has 0 N–H and O–H groups in total. The van der Waals surface area contributed by atoms with Crippen molar-refractivity contribution in [3.63, 3.8) is 0 Å². The summed E-state index contributed by atoms with van der Waals surface area (Å²) in [7, 11) is 0. The second-order valence-electron chi connectivity index (χ2n) is 2.93. The molecule has 0 heterocycles. The summed E-state index contributed by atoms with van der Waals surface area (Å²) in [6, 6.07) is 5.33. The van der Waals surface area contributed by atoms with Gasteiger partial charge < -0.3 is 0 Å². The van der Waals surface area contributed by atoms with Gasteiger partial charge in [0.05, 0.1) is 4.92 Å². The summed E-state index contributed by atoms with van der Waals surface area (Å²) in [5, 5.41) is 10.6. The normalized spacial score (nSPS) is 10.0. The summed E-state index contributed by atoms with van der Waals surface area (Å²) in [5.41, 5.74) is 2.21. The highest BCUT2D eigenvalue weighted by molar-refractivity contribution is 5.42. The Hall–Kier alpha value is -1.38. The van der Waals surface area contributed by atoms with Gasteiger partial charge in [0.25, 0.3) is 5.69 Å². The van der Waals surface area contributed by atoms with Gasteiger partial charge in [0, 0.05) is 11.6 Å². The number of nitro groups is 1. The first-order valence-corrected chi connectivity index (χ1v) is 4.45. The first-order chi connectivity index (χ1) is 6.19. The van der Waals surface area contributed by atoms with E-state index in [2.05, 4.69) is 0 Å². The molecule has 0 saturated carbocycles. The van der Waals surface area contributed by atoms with Crippen molar-refractivity contribution in [1.82, 2.24) is 0 Å². The molecule has 0 radical (unpaired) electrons. The summed E-state index contributed by atoms with van der Waals surface area (Å²) in [6.07, 6.45) is 1.63. The Kier molecular flexibility index (Phi) is 3.01. The zero-order valence-corrected chi connectivity index (χ0v) is 7.91. The molecular formula is C10H13NO2. The quantitative estimate of drug-likeness (QED) is 0.529. The van der Waals surface area contributed by atoms with Crippen LogP contribution in [0, 0.1) is 10.1 Å². The molecule has 0 aromatic heterocycles. The van der Waals surface area contributed by atoms with Crippen LogP contribution in [0.25, 0.3) is 0 Å². The van der Waals surface area contributed by atoms with E-state index in [0.29, 0.717) is 6.42 Å². The number of benzene rings is 1. The van der Waals surface area contributed by atoms with Crippen molar-refractivity contribution in [1.29, 1.82) is 0 Å². The number of rotatable bonds is 3. The van der Waals surface area contributed by atoms with Crippen LogP contribution in [-0.2, 0) is 12.8 Å². The molecule has 0 saturated heterocycles. The highest BCUT2D eigenvalue weighted by Crippen LogP contribution is 2.20. The third-order valence-electron chi connectivity index (χ3n) is 2.13. The highest BCUT2D eigenvalue weighted by atomic mass is 16.6. The van der Waals surface area contributed by atoms with Crippen molar-refractivity contribution < 1.29 is 4.92 Å². The van der Waals surface area contributed by atoms with Crippen molar-refractivity contribution >= 4 is 5.69 Å². The van der Waals surface area contributed by atoms with Crippen molar-refractivity contribution in [2.75, 3.05) is 0 Å². The fraction of sp³-hybridized carbons (Fsp3) is 0.400. The Morgan fingerprint density at radius 3 is 2.46 bits per heavy atom. The lowest BCUT2D eigenvalue weighted by molar-refractivity contribution is -0.385. The standard InChI is InChI=1S/C10H13NO2/c1-3-8-5-6-10(11(12)13)9(4-2)7-8/h5-7H,3-4H2,1-2H3. The van der Waals surface area contributed by atoms with Crippen LogP contribution in [0.4, 0.5) is 5.69 Å². The zero-order chi connectivity index (χ0) is 9.84. The lowest BCUT2D eigenvalue weighted by atomic mass is 10.1. The Morgan fingerprint density at radius 1 is 1.31 bits per heavy atom. The topological polar surface area (TPSA) is 43.1 Å². The van der Waals surface area contributed by atoms with Crippen LogP contribution in [0.5, 0.6) is 0 Å². The minimum absolute atomic E-state index is 0.236. The average molecular weight is 179 g/mol. The Bertz CT molecular complexity index is 321. The van der Waals surface area contributed by atoms with Gasteiger partial charge in [-0.15, -0.1) is 0 Å². The van der Waals surface area contributed by atoms with Gasteiger partial charge in [-0.2, -0.15) is 0 Å². The van der Waals surface area contributed by atoms with Gasteiger partial charge in [-0.05, 0) is 24.5 Å². The molecule has 0 amide bonds. The van der Waals surface area contributed by atoms with E-state index in [9.17, 15) is 10.1 Å². The van der Waals surface area contributed by atoms with Crippen molar-refractivity contribution in [2.24, 2.45) is 0 Å². The number of aryl methyl sites for hydroxylation is 2. The average Bonchev–Trinajstić information content (AvgIpc) is 2.16. The molecule has 1 rings (SSSR count). The number of hydrogen-bond donors (Lipinski definition) is 0. The van der Waals surface area contributed by atoms with E-state index >= 15 is 0 Å². The van der Waals surface area contributed by atoms with Gasteiger partial charge in [0.15, 0.2) is 0 Å². The van der Waals surface area contributed by atoms with Crippen LogP contribution >= 0.6 is 0 Å². The molecule has 0 aliphatic carbocycles. The van der Waals surface area contributed by atoms with Gasteiger partial charge >= 0.3 is 0 Å². The predicted molar refractivity (Wildman–Crippen MR) is 51.9 cm³/mol. The zero-order valence-electron chi connectivity index (χ0n) is 7.91. The van der Waals surface area contributed by atoms with E-state index in [1.165, 1.54) is 0 Å². The fourth-order valence-corrected chi connectivity index (χ4v) is 1.32. The van der Waals surface area contributed by atoms with E-state index in [0.717, 1.165) is 17.5 Å². The van der Waals surface area contributed by atoms with Crippen LogP contribution in [0.1, 0.15) is 25.0 Å². The van der Waals surface area contributed by atoms with Gasteiger partial charge in [-0.1, -0.05) is 19.9 Å². The van der Waals surface area contributed by atoms with Crippen LogP contribution in [0.2, 0.25) is 0 Å². The van der Waals surface area contributed by atoms with E-state index in [-0.39, 0.29) is 10.6 Å². The number of nitro benzene ring substituents is 1. The first-order valence-electron chi connectivity index (χ1n) is 4.45. The second kappa shape index (κ2) is 4.03. The maximum Gasteiger partial charge on any atom is 0.272 e. The van der Waals surface area contributed by atoms with E-state index in [4.69, 9.17) is 0 Å². The minimum atomic E-state index is -0.321. The lowest BCUT2D eigenvalue weighted by Gasteiger charge is -2.01. The molecule has 1 aromatic rings. The van der Waals surface area contributed by atoms with Crippen LogP contribution in [-0.4, -0.2) is 4.92 Å². The molecule has 3 heteroatoms. The molecule has 0 bridgehead atoms. The Morgan fingerprint density at radius 2 is 2.00 bits per heavy atom. The summed E-state index contributed by atoms with van der Waals surface area (Å²) in [6.45, 7) is 3.97. The Labute approximate surface area is 77.5 Å². The number of hydrogen-bond acceptors (Lipinski definition) is 2. The third-order valence-corrected chi connectivity index (χ3v) is 2.13. The minimum Gasteiger partial charge on any atom is -0.258 e. The van der Waals surface area contributed by atoms with Gasteiger partial charge in [-0.25, -0.2) is 0 Å². The predicted octanol–water partition coefficient (Wildman–Crippen LogP) is 2.72. The van der Waals surface area contributed by atoms with Gasteiger partial charge in [0.1, 0.15) is 0 Å². The van der Waals surface area contributed by atoms with E-state index < -0.39 is 0 Å². The smallest absolute Gasteiger partial charge is 0.258 e. The van der Waals surface area contributed by atoms with Gasteiger partial charge in [0.2, 0.25) is 0 Å². The molecular weight excluding hydrogens is 166 g/mol. The van der Waals surface area contributed by atoms with Crippen LogP contribution in [0.15, 0.2) is 18.2 Å². The van der Waals surface area contributed by atoms with Crippen molar-refractivity contribution in [3.05, 3.63) is 39.4 Å². The summed E-state index contributed by atoms with van der Waals surface area (Å²) in [5.74, 6) is 0. The maximum absolute atomic E-state index is 10.6. The second-order valence-corrected chi connectivity index (χ2v) is 2.93. The van der Waals surface area contributed by atoms with Crippen molar-refractivity contribution in [3.8, 4) is 0 Å². The highest BCUT2D eigenvalue weighted by Gasteiger charge is 2.11. The summed E-state index contributed by atoms with van der Waals surface area (Å²) < 4.78 is 0. The molecule has 70 valence electrons. The molecule has 0 aliphatic heterocycles. The molecule has 13 heavy (non-hydrogen) atoms. The molecule has 1 aromatic carbocycles. The SMILES string of the molecule is CCc1ccc([N+](=O)[O-])c(CC)c1. The largest absolute Gasteiger partial charge is 0.272 e. The molecule has 0 fully saturated rings. The summed E-state index contributed by atoms with van der Waals surface area (Å²) in [4.78, 5) is 10.3. The fourth-order valence-electron chi connectivity index (χ4n) is 1.32. The molecule has 0 unspecified atom stereocenters. The summed E-state index contributed by atoms with van der Waals surface area (Å²) >= 11 is 0. The van der Waals surface area contributed by atoms with E-state index in [1.54, 1.807) is 6.07 Å². The monoisotopic (exact) mass is 179 g/mol. The Balaban J connectivity index is 3.15.